The molecule has 0 aliphatic carbocycles. The molecule has 2 atom stereocenters. The minimum Gasteiger partial charge on any atom is -0.464 e. The summed E-state index contributed by atoms with van der Waals surface area (Å²) in [5, 5.41) is 0. The van der Waals surface area contributed by atoms with Crippen molar-refractivity contribution in [3.05, 3.63) is 35.9 Å². The van der Waals surface area contributed by atoms with Crippen LogP contribution in [0.2, 0.25) is 0 Å². The van der Waals surface area contributed by atoms with Gasteiger partial charge < -0.3 is 9.47 Å². The van der Waals surface area contributed by atoms with E-state index in [9.17, 15) is 14.4 Å². The molecular weight excluding hydrogens is 358 g/mol. The van der Waals surface area contributed by atoms with Gasteiger partial charge in [-0.1, -0.05) is 36.8 Å². The number of likely N-dealkylation sites (tertiary alicyclic amines) is 1. The Morgan fingerprint density at radius 1 is 1.14 bits per heavy atom. The summed E-state index contributed by atoms with van der Waals surface area (Å²) in [6.07, 6.45) is 2.90. The van der Waals surface area contributed by atoms with Crippen LogP contribution in [-0.2, 0) is 25.5 Å². The highest BCUT2D eigenvalue weighted by molar-refractivity contribution is 6.00. The van der Waals surface area contributed by atoms with Gasteiger partial charge in [0.2, 0.25) is 5.91 Å². The van der Waals surface area contributed by atoms with Crippen LogP contribution < -0.4 is 0 Å². The van der Waals surface area contributed by atoms with Gasteiger partial charge in [-0.05, 0) is 58.9 Å². The zero-order chi connectivity index (χ0) is 20.7. The Balaban J connectivity index is 1.98. The van der Waals surface area contributed by atoms with Gasteiger partial charge in [0.1, 0.15) is 11.6 Å². The molecule has 0 spiro atoms. The number of hydrogen-bond donors (Lipinski definition) is 0. The fraction of sp³-hybridized carbons (Fsp3) is 0.591. The molecule has 0 bridgehead atoms. The Kier molecular flexibility index (Phi) is 7.61. The smallest absolute Gasteiger partial charge is 0.417 e. The maximum Gasteiger partial charge on any atom is 0.417 e. The lowest BCUT2D eigenvalue weighted by Crippen LogP contribution is -2.46. The summed E-state index contributed by atoms with van der Waals surface area (Å²) < 4.78 is 10.4. The topological polar surface area (TPSA) is 72.9 Å². The second-order valence-corrected chi connectivity index (χ2v) is 8.12. The summed E-state index contributed by atoms with van der Waals surface area (Å²) in [4.78, 5) is 38.6. The van der Waals surface area contributed by atoms with Gasteiger partial charge in [-0.2, -0.15) is 0 Å². The molecule has 0 saturated carbocycles. The van der Waals surface area contributed by atoms with E-state index in [-0.39, 0.29) is 18.4 Å². The van der Waals surface area contributed by atoms with Crippen molar-refractivity contribution in [1.82, 2.24) is 4.90 Å². The van der Waals surface area contributed by atoms with Gasteiger partial charge in [0, 0.05) is 5.92 Å². The van der Waals surface area contributed by atoms with Crippen LogP contribution in [0, 0.1) is 5.92 Å². The molecule has 6 nitrogen and oxygen atoms in total. The maximum absolute atomic E-state index is 12.8. The Hall–Kier alpha value is -2.37. The highest BCUT2D eigenvalue weighted by Gasteiger charge is 2.48. The first-order chi connectivity index (χ1) is 13.2. The molecule has 1 saturated heterocycles. The minimum atomic E-state index is -0.901. The number of esters is 1. The molecule has 1 fully saturated rings. The van der Waals surface area contributed by atoms with Crippen LogP contribution in [0.4, 0.5) is 4.79 Å². The number of carbonyl (C=O) groups is 3. The van der Waals surface area contributed by atoms with Crippen molar-refractivity contribution in [3.8, 4) is 0 Å². The van der Waals surface area contributed by atoms with E-state index in [1.165, 1.54) is 5.56 Å². The van der Waals surface area contributed by atoms with Gasteiger partial charge in [-0.15, -0.1) is 0 Å². The number of aryl methyl sites for hydroxylation is 1. The quantitative estimate of drug-likeness (QED) is 0.518. The molecule has 28 heavy (non-hydrogen) atoms. The van der Waals surface area contributed by atoms with E-state index in [2.05, 4.69) is 12.1 Å². The Labute approximate surface area is 167 Å². The fourth-order valence-electron chi connectivity index (χ4n) is 3.40. The Morgan fingerprint density at radius 3 is 2.43 bits per heavy atom. The number of nitrogens with zero attached hydrogens (tertiary/aromatic N) is 1. The average molecular weight is 389 g/mol. The molecule has 1 aromatic carbocycles. The van der Waals surface area contributed by atoms with Crippen molar-refractivity contribution in [2.24, 2.45) is 5.92 Å². The third kappa shape index (κ3) is 6.08. The summed E-state index contributed by atoms with van der Waals surface area (Å²) in [7, 11) is 0. The predicted octanol–water partition coefficient (Wildman–Crippen LogP) is 4.11. The maximum atomic E-state index is 12.8. The Morgan fingerprint density at radius 2 is 1.82 bits per heavy atom. The second-order valence-electron chi connectivity index (χ2n) is 8.12. The van der Waals surface area contributed by atoms with Crippen molar-refractivity contribution in [2.75, 3.05) is 6.61 Å². The van der Waals surface area contributed by atoms with Crippen molar-refractivity contribution in [3.63, 3.8) is 0 Å². The first-order valence-corrected chi connectivity index (χ1v) is 9.99. The number of amides is 2. The molecule has 2 rings (SSSR count). The molecular formula is C22H31NO5. The minimum absolute atomic E-state index is 0.202. The van der Waals surface area contributed by atoms with Crippen LogP contribution in [0.1, 0.15) is 58.9 Å². The highest BCUT2D eigenvalue weighted by Crippen LogP contribution is 2.31. The van der Waals surface area contributed by atoms with Crippen molar-refractivity contribution in [2.45, 2.75) is 71.4 Å². The molecule has 1 heterocycles. The van der Waals surface area contributed by atoms with E-state index in [0.29, 0.717) is 12.8 Å². The molecule has 1 aliphatic heterocycles. The van der Waals surface area contributed by atoms with Gasteiger partial charge in [-0.3, -0.25) is 4.79 Å². The zero-order valence-electron chi connectivity index (χ0n) is 17.3. The van der Waals surface area contributed by atoms with Gasteiger partial charge in [0.25, 0.3) is 0 Å². The SMILES string of the molecule is CCOC(=O)[C@@H]1C[C@H](CCCCc2ccccc2)C(=O)N1C(=O)OC(C)(C)C. The van der Waals surface area contributed by atoms with Crippen LogP contribution >= 0.6 is 0 Å². The molecule has 1 aromatic rings. The van der Waals surface area contributed by atoms with Gasteiger partial charge in [-0.25, -0.2) is 14.5 Å². The number of ether oxygens (including phenoxy) is 2. The molecule has 6 heteroatoms. The average Bonchev–Trinajstić information content (AvgIpc) is 2.95. The van der Waals surface area contributed by atoms with Crippen LogP contribution in [-0.4, -0.2) is 41.1 Å². The standard InChI is InChI=1S/C22H31NO5/c1-5-27-20(25)18-15-17(14-10-9-13-16-11-7-6-8-12-16)19(24)23(18)21(26)28-22(2,3)4/h6-8,11-12,17-18H,5,9-10,13-15H2,1-4H3/t17-,18-/m0/s1. The normalized spacial score (nSPS) is 19.6. The first kappa shape index (κ1) is 21.9. The number of carbonyl (C=O) groups excluding carboxylic acids is 3. The summed E-state index contributed by atoms with van der Waals surface area (Å²) >= 11 is 0. The third-order valence-corrected chi connectivity index (χ3v) is 4.67. The summed E-state index contributed by atoms with van der Waals surface area (Å²) in [6.45, 7) is 7.09. The van der Waals surface area contributed by atoms with Crippen molar-refractivity contribution in [1.29, 1.82) is 0 Å². The van der Waals surface area contributed by atoms with Crippen LogP contribution in [0.5, 0.6) is 0 Å². The molecule has 2 amide bonds. The number of unbranched alkanes of at least 4 members (excludes halogenated alkanes) is 1. The zero-order valence-corrected chi connectivity index (χ0v) is 17.3. The van der Waals surface area contributed by atoms with Crippen molar-refractivity contribution < 1.29 is 23.9 Å². The lowest BCUT2D eigenvalue weighted by Gasteiger charge is -2.26. The molecule has 0 aromatic heterocycles. The van der Waals surface area contributed by atoms with E-state index < -0.39 is 23.7 Å². The fourth-order valence-corrected chi connectivity index (χ4v) is 3.40. The molecule has 0 radical (unpaired) electrons. The van der Waals surface area contributed by atoms with Crippen LogP contribution in [0.3, 0.4) is 0 Å². The van der Waals surface area contributed by atoms with E-state index in [4.69, 9.17) is 9.47 Å². The lowest BCUT2D eigenvalue weighted by atomic mass is 9.96. The largest absolute Gasteiger partial charge is 0.464 e. The molecule has 0 unspecified atom stereocenters. The lowest BCUT2D eigenvalue weighted by molar-refractivity contribution is -0.151. The summed E-state index contributed by atoms with van der Waals surface area (Å²) in [6, 6.07) is 9.28. The van der Waals surface area contributed by atoms with E-state index in [0.717, 1.165) is 24.2 Å². The predicted molar refractivity (Wildman–Crippen MR) is 106 cm³/mol. The van der Waals surface area contributed by atoms with Crippen LogP contribution in [0.25, 0.3) is 0 Å². The monoisotopic (exact) mass is 389 g/mol. The number of benzene rings is 1. The molecule has 0 N–H and O–H groups in total. The summed E-state index contributed by atoms with van der Waals surface area (Å²) in [5.41, 5.74) is 0.518. The number of rotatable bonds is 7. The Bertz CT molecular complexity index is 680. The van der Waals surface area contributed by atoms with E-state index in [1.807, 2.05) is 18.2 Å². The molecule has 1 aliphatic rings. The second kappa shape index (κ2) is 9.71. The first-order valence-electron chi connectivity index (χ1n) is 9.99. The van der Waals surface area contributed by atoms with Gasteiger partial charge in [0.05, 0.1) is 6.61 Å². The third-order valence-electron chi connectivity index (χ3n) is 4.67. The highest BCUT2D eigenvalue weighted by atomic mass is 16.6. The number of imide groups is 1. The summed E-state index contributed by atoms with van der Waals surface area (Å²) in [5.74, 6) is -1.25. The van der Waals surface area contributed by atoms with Gasteiger partial charge >= 0.3 is 12.1 Å². The van der Waals surface area contributed by atoms with E-state index in [1.54, 1.807) is 27.7 Å². The molecule has 154 valence electrons. The van der Waals surface area contributed by atoms with Crippen molar-refractivity contribution >= 4 is 18.0 Å². The van der Waals surface area contributed by atoms with Gasteiger partial charge in [0.15, 0.2) is 0 Å². The van der Waals surface area contributed by atoms with E-state index >= 15 is 0 Å². The van der Waals surface area contributed by atoms with Crippen LogP contribution in [0.15, 0.2) is 30.3 Å². The number of hydrogen-bond acceptors (Lipinski definition) is 5.